The van der Waals surface area contributed by atoms with E-state index in [1.165, 1.54) is 16.7 Å². The minimum absolute atomic E-state index is 0.0139. The number of benzene rings is 1. The maximum absolute atomic E-state index is 14.2. The van der Waals surface area contributed by atoms with Crippen LogP contribution < -0.4 is 0 Å². The molecule has 1 heterocycles. The molecule has 1 aliphatic carbocycles. The van der Waals surface area contributed by atoms with Crippen molar-refractivity contribution in [3.63, 3.8) is 0 Å². The molecule has 0 spiro atoms. The molecule has 0 N–H and O–H groups in total. The molecule has 5 nitrogen and oxygen atoms in total. The van der Waals surface area contributed by atoms with Crippen molar-refractivity contribution in [3.8, 4) is 0 Å². The Bertz CT molecular complexity index is 1460. The molecule has 4 atom stereocenters. The summed E-state index contributed by atoms with van der Waals surface area (Å²) in [5.41, 5.74) is -0.623. The first-order valence-corrected chi connectivity index (χ1v) is 26.8. The molecule has 276 valence electrons. The van der Waals surface area contributed by atoms with Gasteiger partial charge in [-0.1, -0.05) is 97.3 Å². The van der Waals surface area contributed by atoms with Gasteiger partial charge >= 0.3 is 5.97 Å². The number of rotatable bonds is 16. The minimum atomic E-state index is -2.20. The number of carbonyl (C=O) groups is 2. The van der Waals surface area contributed by atoms with Crippen LogP contribution in [0.3, 0.4) is 0 Å². The third-order valence-corrected chi connectivity index (χ3v) is 23.9. The van der Waals surface area contributed by atoms with Crippen molar-refractivity contribution in [2.24, 2.45) is 11.3 Å². The van der Waals surface area contributed by atoms with Crippen molar-refractivity contribution >= 4 is 84.9 Å². The predicted octanol–water partition coefficient (Wildman–Crippen LogP) is 11.4. The van der Waals surface area contributed by atoms with Gasteiger partial charge in [-0.05, 0) is 73.1 Å². The second-order valence-corrected chi connectivity index (χ2v) is 30.3. The first kappa shape index (κ1) is 42.8. The average molecular weight is 786 g/mol. The van der Waals surface area contributed by atoms with E-state index < -0.39 is 22.0 Å². The van der Waals surface area contributed by atoms with E-state index in [9.17, 15) is 9.59 Å². The lowest BCUT2D eigenvalue weighted by Crippen LogP contribution is -2.48. The molecular formula is C38H61ClO5S3Si2. The van der Waals surface area contributed by atoms with Crippen molar-refractivity contribution in [1.29, 1.82) is 0 Å². The molecule has 2 unspecified atom stereocenters. The number of fused-ring (bicyclic) bond motifs is 1. The van der Waals surface area contributed by atoms with Crippen LogP contribution in [0.15, 0.2) is 36.4 Å². The summed E-state index contributed by atoms with van der Waals surface area (Å²) in [7, 11) is -2.91. The molecule has 1 aromatic heterocycles. The third-order valence-electron chi connectivity index (χ3n) is 10.8. The van der Waals surface area contributed by atoms with Crippen LogP contribution in [0.25, 0.3) is 10.1 Å². The smallest absolute Gasteiger partial charge is 0.315 e. The summed E-state index contributed by atoms with van der Waals surface area (Å²) in [6.07, 6.45) is 6.73. The zero-order valence-electron chi connectivity index (χ0n) is 32.2. The number of aryl methyl sites for hydroxylation is 1. The zero-order chi connectivity index (χ0) is 37.0. The van der Waals surface area contributed by atoms with E-state index in [1.54, 1.807) is 34.9 Å². The van der Waals surface area contributed by atoms with Crippen molar-refractivity contribution in [1.82, 2.24) is 0 Å². The average Bonchev–Trinajstić information content (AvgIpc) is 3.40. The van der Waals surface area contributed by atoms with Crippen LogP contribution in [-0.4, -0.2) is 70.2 Å². The number of ether oxygens (including phenoxy) is 1. The van der Waals surface area contributed by atoms with Gasteiger partial charge < -0.3 is 13.6 Å². The summed E-state index contributed by atoms with van der Waals surface area (Å²) in [5.74, 6) is 2.02. The highest BCUT2D eigenvalue weighted by molar-refractivity contribution is 8.01. The quantitative estimate of drug-likeness (QED) is 0.0727. The number of thioether (sulfide) groups is 2. The maximum Gasteiger partial charge on any atom is 0.315 e. The molecule has 0 bridgehead atoms. The van der Waals surface area contributed by atoms with Crippen molar-refractivity contribution in [3.05, 3.63) is 46.3 Å². The van der Waals surface area contributed by atoms with Gasteiger partial charge in [0.1, 0.15) is 0 Å². The van der Waals surface area contributed by atoms with Crippen LogP contribution in [0, 0.1) is 11.3 Å². The molecule has 0 aliphatic heterocycles. The fourth-order valence-electron chi connectivity index (χ4n) is 5.52. The summed E-state index contributed by atoms with van der Waals surface area (Å²) in [4.78, 5) is 27.0. The Labute approximate surface area is 316 Å². The predicted molar refractivity (Wildman–Crippen MR) is 221 cm³/mol. The fraction of sp³-hybridized carbons (Fsp3) is 0.684. The molecule has 0 saturated heterocycles. The Morgan fingerprint density at radius 2 is 1.67 bits per heavy atom. The topological polar surface area (TPSA) is 61.8 Å². The van der Waals surface area contributed by atoms with Gasteiger partial charge in [0.25, 0.3) is 0 Å². The number of Topliss-reactive ketones (excluding diaryl/α,β-unsaturated/α-hetero) is 1. The van der Waals surface area contributed by atoms with Gasteiger partial charge in [0.2, 0.25) is 0 Å². The lowest BCUT2D eigenvalue weighted by molar-refractivity contribution is -0.137. The van der Waals surface area contributed by atoms with Crippen LogP contribution in [-0.2, 0) is 29.6 Å². The number of ketones is 1. The number of carbonyl (C=O) groups excluding carboxylic acids is 2. The number of methoxy groups -OCH3 is 1. The minimum Gasteiger partial charge on any atom is -0.468 e. The Kier molecular flexibility index (Phi) is 14.9. The highest BCUT2D eigenvalue weighted by atomic mass is 35.5. The molecular weight excluding hydrogens is 724 g/mol. The van der Waals surface area contributed by atoms with Crippen LogP contribution >= 0.6 is 46.5 Å². The molecule has 1 fully saturated rings. The summed E-state index contributed by atoms with van der Waals surface area (Å²) in [6.45, 7) is 26.9. The summed E-state index contributed by atoms with van der Waals surface area (Å²) in [6, 6.07) is 8.33. The Morgan fingerprint density at radius 1 is 1.04 bits per heavy atom. The fourth-order valence-corrected chi connectivity index (χ4v) is 12.2. The molecule has 2 aromatic rings. The molecule has 11 heteroatoms. The van der Waals surface area contributed by atoms with Gasteiger partial charge in [0.15, 0.2) is 22.4 Å². The number of hydrogen-bond acceptors (Lipinski definition) is 8. The molecule has 1 saturated carbocycles. The zero-order valence-corrected chi connectivity index (χ0v) is 37.4. The lowest BCUT2D eigenvalue weighted by Gasteiger charge is -2.42. The van der Waals surface area contributed by atoms with Crippen molar-refractivity contribution in [2.45, 2.75) is 128 Å². The Balaban J connectivity index is 1.95. The van der Waals surface area contributed by atoms with Crippen molar-refractivity contribution in [2.75, 3.05) is 24.4 Å². The van der Waals surface area contributed by atoms with E-state index in [0.717, 1.165) is 41.2 Å². The Hall–Kier alpha value is -0.596. The lowest BCUT2D eigenvalue weighted by atomic mass is 9.86. The standard InChI is InChI=1S/C38H61ClO5S3Si2/c1-36(2,3)48(10,11)43-26(20-22-30-32(39)27-17-14-15-18-29(27)47-30)19-21-28-33(46-24-16-23-45-25-31(40)42-9)34(41)38(7,8)35(28)44-49(12,13)37(4,5)6/h14-15,17-19,21,26,28,33,35H,16,20,22-25H2,1-13H3/t26?,28-,33?,35+/m1/s1. The SMILES string of the molecule is COC(=O)CSCCCSC1C(=O)C(C)(C)[C@@H](O[Si](C)(C)C(C)(C)C)[C@@H]1C=CC(CCc1sc2ccccc2c1Cl)O[Si](C)(C)C(C)(C)C. The molecule has 3 rings (SSSR count). The molecule has 1 aliphatic rings. The monoisotopic (exact) mass is 784 g/mol. The third kappa shape index (κ3) is 10.7. The van der Waals surface area contributed by atoms with E-state index >= 15 is 0 Å². The summed E-state index contributed by atoms with van der Waals surface area (Å²) < 4.78 is 20.3. The second-order valence-electron chi connectivity index (χ2n) is 16.9. The normalized spacial score (nSPS) is 21.2. The second kappa shape index (κ2) is 17.0. The van der Waals surface area contributed by atoms with E-state index in [-0.39, 0.29) is 45.2 Å². The number of halogens is 1. The number of thiophene rings is 1. The van der Waals surface area contributed by atoms with Crippen LogP contribution in [0.5, 0.6) is 0 Å². The highest BCUT2D eigenvalue weighted by Crippen LogP contribution is 2.50. The van der Waals surface area contributed by atoms with Gasteiger partial charge in [-0.15, -0.1) is 23.1 Å². The van der Waals surface area contributed by atoms with E-state index in [1.807, 2.05) is 6.07 Å². The van der Waals surface area contributed by atoms with E-state index in [4.69, 9.17) is 25.2 Å². The highest BCUT2D eigenvalue weighted by Gasteiger charge is 2.57. The molecule has 1 aromatic carbocycles. The number of hydrogen-bond donors (Lipinski definition) is 0. The number of esters is 1. The largest absolute Gasteiger partial charge is 0.468 e. The van der Waals surface area contributed by atoms with Gasteiger partial charge in [0.05, 0.1) is 40.8 Å². The maximum atomic E-state index is 14.2. The van der Waals surface area contributed by atoms with E-state index in [0.29, 0.717) is 5.75 Å². The van der Waals surface area contributed by atoms with Gasteiger partial charge in [-0.25, -0.2) is 0 Å². The molecule has 0 amide bonds. The van der Waals surface area contributed by atoms with Gasteiger partial charge in [0, 0.05) is 20.9 Å². The first-order valence-electron chi connectivity index (χ1n) is 17.5. The van der Waals surface area contributed by atoms with Gasteiger partial charge in [-0.3, -0.25) is 9.59 Å². The van der Waals surface area contributed by atoms with Crippen LogP contribution in [0.4, 0.5) is 0 Å². The van der Waals surface area contributed by atoms with Crippen molar-refractivity contribution < 1.29 is 23.2 Å². The summed E-state index contributed by atoms with van der Waals surface area (Å²) >= 11 is 12.0. The van der Waals surface area contributed by atoms with Gasteiger partial charge in [-0.2, -0.15) is 11.8 Å². The Morgan fingerprint density at radius 3 is 2.27 bits per heavy atom. The van der Waals surface area contributed by atoms with E-state index in [2.05, 4.69) is 112 Å². The summed E-state index contributed by atoms with van der Waals surface area (Å²) in [5, 5.41) is 1.82. The van der Waals surface area contributed by atoms with Crippen LogP contribution in [0.1, 0.15) is 73.1 Å². The molecule has 49 heavy (non-hydrogen) atoms. The molecule has 0 radical (unpaired) electrons. The van der Waals surface area contributed by atoms with Crippen LogP contribution in [0.2, 0.25) is 41.3 Å². The first-order chi connectivity index (χ1) is 22.5.